The summed E-state index contributed by atoms with van der Waals surface area (Å²) in [6, 6.07) is 3.10. The first-order valence-corrected chi connectivity index (χ1v) is 5.84. The lowest BCUT2D eigenvalue weighted by molar-refractivity contribution is -0.138. The van der Waals surface area contributed by atoms with E-state index < -0.39 is 11.9 Å². The zero-order valence-electron chi connectivity index (χ0n) is 11.8. The summed E-state index contributed by atoms with van der Waals surface area (Å²) in [5, 5.41) is 12.4. The Hall–Kier alpha value is -2.50. The summed E-state index contributed by atoms with van der Waals surface area (Å²) in [4.78, 5) is 22.9. The second-order valence-electron chi connectivity index (χ2n) is 4.08. The van der Waals surface area contributed by atoms with E-state index in [4.69, 9.17) is 0 Å². The molecule has 0 saturated carbocycles. The number of benzene rings is 1. The van der Waals surface area contributed by atoms with Gasteiger partial charge in [0.2, 0.25) is 0 Å². The fourth-order valence-electron chi connectivity index (χ4n) is 1.52. The number of carbonyl (C=O) groups excluding carboxylic acids is 2. The quantitative estimate of drug-likeness (QED) is 0.495. The van der Waals surface area contributed by atoms with Crippen LogP contribution in [-0.4, -0.2) is 31.3 Å². The smallest absolute Gasteiger partial charge is 0.354 e. The number of methoxy groups -OCH3 is 2. The molecule has 0 fully saturated rings. The maximum absolute atomic E-state index is 11.6. The molecule has 0 saturated heterocycles. The van der Waals surface area contributed by atoms with Gasteiger partial charge in [-0.1, -0.05) is 0 Å². The Morgan fingerprint density at radius 3 is 2.35 bits per heavy atom. The predicted molar refractivity (Wildman–Crippen MR) is 73.3 cm³/mol. The number of carbonyl (C=O) groups is 2. The summed E-state index contributed by atoms with van der Waals surface area (Å²) < 4.78 is 9.08. The van der Waals surface area contributed by atoms with Gasteiger partial charge in [-0.2, -0.15) is 0 Å². The molecule has 1 rings (SSSR count). The number of hydrogen-bond acceptors (Lipinski definition) is 6. The minimum Gasteiger partial charge on any atom is -0.508 e. The number of phenolic OH excluding ortho intramolecular Hbond substituents is 1. The number of aromatic hydroxyl groups is 1. The van der Waals surface area contributed by atoms with Crippen LogP contribution in [0, 0.1) is 13.8 Å². The van der Waals surface area contributed by atoms with E-state index >= 15 is 0 Å². The summed E-state index contributed by atoms with van der Waals surface area (Å²) >= 11 is 0. The molecule has 0 radical (unpaired) electrons. The van der Waals surface area contributed by atoms with Gasteiger partial charge in [-0.05, 0) is 37.1 Å². The SMILES string of the molecule is COC(=O)/C=C(/Nc1ccc(O)c(C)c1C)C(=O)OC. The number of rotatable bonds is 4. The second-order valence-corrected chi connectivity index (χ2v) is 4.08. The molecule has 108 valence electrons. The normalized spacial score (nSPS) is 10.9. The van der Waals surface area contributed by atoms with Gasteiger partial charge in [0.05, 0.1) is 20.3 Å². The molecule has 0 amide bonds. The highest BCUT2D eigenvalue weighted by Crippen LogP contribution is 2.27. The van der Waals surface area contributed by atoms with Gasteiger partial charge in [0.25, 0.3) is 0 Å². The standard InChI is InChI=1S/C14H17NO5/c1-8-9(2)12(16)6-5-10(8)15-11(14(18)20-4)7-13(17)19-3/h5-7,15-16H,1-4H3/b11-7+. The third kappa shape index (κ3) is 3.50. The number of esters is 2. The summed E-state index contributed by atoms with van der Waals surface area (Å²) in [6.45, 7) is 3.53. The van der Waals surface area contributed by atoms with E-state index in [-0.39, 0.29) is 11.4 Å². The van der Waals surface area contributed by atoms with Crippen LogP contribution in [0.2, 0.25) is 0 Å². The third-order valence-corrected chi connectivity index (χ3v) is 2.90. The van der Waals surface area contributed by atoms with Crippen molar-refractivity contribution in [1.82, 2.24) is 0 Å². The Morgan fingerprint density at radius 1 is 1.15 bits per heavy atom. The van der Waals surface area contributed by atoms with E-state index in [2.05, 4.69) is 14.8 Å². The van der Waals surface area contributed by atoms with Crippen molar-refractivity contribution in [3.8, 4) is 5.75 Å². The van der Waals surface area contributed by atoms with Gasteiger partial charge in [0.1, 0.15) is 11.4 Å². The molecule has 6 heteroatoms. The molecule has 0 aromatic heterocycles. The van der Waals surface area contributed by atoms with E-state index in [0.717, 1.165) is 11.6 Å². The van der Waals surface area contributed by atoms with Crippen molar-refractivity contribution in [3.63, 3.8) is 0 Å². The number of ether oxygens (including phenoxy) is 2. The zero-order valence-corrected chi connectivity index (χ0v) is 11.8. The highest BCUT2D eigenvalue weighted by atomic mass is 16.5. The molecule has 0 aliphatic heterocycles. The van der Waals surface area contributed by atoms with Crippen LogP contribution in [0.1, 0.15) is 11.1 Å². The molecule has 2 N–H and O–H groups in total. The first-order chi connectivity index (χ1) is 9.40. The highest BCUT2D eigenvalue weighted by Gasteiger charge is 2.14. The van der Waals surface area contributed by atoms with E-state index in [9.17, 15) is 14.7 Å². The Balaban J connectivity index is 3.14. The molecule has 0 heterocycles. The fraction of sp³-hybridized carbons (Fsp3) is 0.286. The van der Waals surface area contributed by atoms with Crippen LogP contribution in [0.4, 0.5) is 5.69 Å². The minimum absolute atomic E-state index is 0.0486. The number of phenols is 1. The van der Waals surface area contributed by atoms with Crippen LogP contribution in [0.25, 0.3) is 0 Å². The molecule has 1 aromatic rings. The largest absolute Gasteiger partial charge is 0.508 e. The van der Waals surface area contributed by atoms with Crippen molar-refractivity contribution >= 4 is 17.6 Å². The lowest BCUT2D eigenvalue weighted by atomic mass is 10.1. The number of hydrogen-bond donors (Lipinski definition) is 2. The van der Waals surface area contributed by atoms with Crippen LogP contribution in [0.5, 0.6) is 5.75 Å². The Kier molecular flexibility index (Phi) is 5.14. The van der Waals surface area contributed by atoms with E-state index in [1.807, 2.05) is 0 Å². The number of anilines is 1. The fourth-order valence-corrected chi connectivity index (χ4v) is 1.52. The molecule has 0 atom stereocenters. The first-order valence-electron chi connectivity index (χ1n) is 5.84. The summed E-state index contributed by atoms with van der Waals surface area (Å²) in [5.74, 6) is -1.21. The molecule has 6 nitrogen and oxygen atoms in total. The predicted octanol–water partition coefficient (Wildman–Crippen LogP) is 1.65. The van der Waals surface area contributed by atoms with Crippen molar-refractivity contribution in [2.45, 2.75) is 13.8 Å². The molecule has 1 aromatic carbocycles. The van der Waals surface area contributed by atoms with Crippen molar-refractivity contribution in [1.29, 1.82) is 0 Å². The molecule has 0 aliphatic carbocycles. The van der Waals surface area contributed by atoms with Gasteiger partial charge in [-0.3, -0.25) is 0 Å². The molecular formula is C14H17NO5. The molecule has 20 heavy (non-hydrogen) atoms. The van der Waals surface area contributed by atoms with E-state index in [0.29, 0.717) is 11.3 Å². The lowest BCUT2D eigenvalue weighted by Crippen LogP contribution is -2.16. The topological polar surface area (TPSA) is 84.9 Å². The second kappa shape index (κ2) is 6.60. The zero-order chi connectivity index (χ0) is 15.3. The summed E-state index contributed by atoms with van der Waals surface area (Å²) in [6.07, 6.45) is 1.01. The molecule has 0 spiro atoms. The van der Waals surface area contributed by atoms with Crippen LogP contribution in [0.3, 0.4) is 0 Å². The Bertz CT molecular complexity index is 563. The van der Waals surface area contributed by atoms with E-state index in [1.54, 1.807) is 19.9 Å². The van der Waals surface area contributed by atoms with Gasteiger partial charge in [-0.25, -0.2) is 9.59 Å². The van der Waals surface area contributed by atoms with Crippen LogP contribution in [0.15, 0.2) is 23.9 Å². The molecule has 0 unspecified atom stereocenters. The summed E-state index contributed by atoms with van der Waals surface area (Å²) in [7, 11) is 2.42. The Labute approximate surface area is 117 Å². The average molecular weight is 279 g/mol. The van der Waals surface area contributed by atoms with Crippen LogP contribution in [-0.2, 0) is 19.1 Å². The maximum atomic E-state index is 11.6. The van der Waals surface area contributed by atoms with Crippen LogP contribution >= 0.6 is 0 Å². The molecule has 0 aliphatic rings. The monoisotopic (exact) mass is 279 g/mol. The Morgan fingerprint density at radius 2 is 1.80 bits per heavy atom. The van der Waals surface area contributed by atoms with Gasteiger partial charge in [-0.15, -0.1) is 0 Å². The van der Waals surface area contributed by atoms with Gasteiger partial charge in [0.15, 0.2) is 0 Å². The van der Waals surface area contributed by atoms with Crippen molar-refractivity contribution in [2.75, 3.05) is 19.5 Å². The first kappa shape index (κ1) is 15.6. The molecular weight excluding hydrogens is 262 g/mol. The highest BCUT2D eigenvalue weighted by molar-refractivity contribution is 5.98. The minimum atomic E-state index is -0.694. The van der Waals surface area contributed by atoms with Crippen LogP contribution < -0.4 is 5.32 Å². The average Bonchev–Trinajstić information content (AvgIpc) is 2.45. The summed E-state index contributed by atoms with van der Waals surface area (Å²) in [5.41, 5.74) is 1.97. The number of nitrogens with one attached hydrogen (secondary N) is 1. The van der Waals surface area contributed by atoms with Gasteiger partial charge < -0.3 is 19.9 Å². The van der Waals surface area contributed by atoms with Crippen molar-refractivity contribution < 1.29 is 24.2 Å². The van der Waals surface area contributed by atoms with Crippen molar-refractivity contribution in [3.05, 3.63) is 35.0 Å². The van der Waals surface area contributed by atoms with Gasteiger partial charge >= 0.3 is 11.9 Å². The lowest BCUT2D eigenvalue weighted by Gasteiger charge is -2.13. The van der Waals surface area contributed by atoms with E-state index in [1.165, 1.54) is 20.3 Å². The molecule has 0 bridgehead atoms. The third-order valence-electron chi connectivity index (χ3n) is 2.90. The van der Waals surface area contributed by atoms with Gasteiger partial charge in [0, 0.05) is 5.69 Å². The van der Waals surface area contributed by atoms with Crippen molar-refractivity contribution in [2.24, 2.45) is 0 Å². The maximum Gasteiger partial charge on any atom is 0.354 e.